The van der Waals surface area contributed by atoms with E-state index in [2.05, 4.69) is 10.4 Å². The smallest absolute Gasteiger partial charge is 0.272 e. The lowest BCUT2D eigenvalue weighted by Crippen LogP contribution is -2.45. The van der Waals surface area contributed by atoms with Gasteiger partial charge in [-0.3, -0.25) is 4.79 Å². The highest BCUT2D eigenvalue weighted by atomic mass is 35.5. The van der Waals surface area contributed by atoms with Gasteiger partial charge in [-0.15, -0.1) is 0 Å². The number of nitrogens with one attached hydrogen (secondary N) is 1. The topological polar surface area (TPSA) is 66.6 Å². The van der Waals surface area contributed by atoms with E-state index in [0.29, 0.717) is 17.1 Å². The summed E-state index contributed by atoms with van der Waals surface area (Å²) < 4.78 is 1.73. The third kappa shape index (κ3) is 3.99. The van der Waals surface area contributed by atoms with Gasteiger partial charge in [0.1, 0.15) is 5.69 Å². The molecule has 2 N–H and O–H groups in total. The zero-order valence-corrected chi connectivity index (χ0v) is 15.7. The first-order valence-corrected chi connectivity index (χ1v) is 9.68. The number of carbonyl (C=O) groups excluding carboxylic acids is 1. The Balaban J connectivity index is 1.61. The number of carbonyl (C=O) groups is 1. The van der Waals surface area contributed by atoms with Crippen LogP contribution in [0.25, 0.3) is 5.52 Å². The fourth-order valence-corrected chi connectivity index (χ4v) is 3.82. The summed E-state index contributed by atoms with van der Waals surface area (Å²) in [6.45, 7) is 0. The maximum atomic E-state index is 12.8. The number of aliphatic hydroxyl groups is 1. The Labute approximate surface area is 163 Å². The van der Waals surface area contributed by atoms with Crippen molar-refractivity contribution in [1.82, 2.24) is 14.9 Å². The molecule has 5 nitrogen and oxygen atoms in total. The van der Waals surface area contributed by atoms with Gasteiger partial charge >= 0.3 is 0 Å². The summed E-state index contributed by atoms with van der Waals surface area (Å²) in [6, 6.07) is 13.3. The van der Waals surface area contributed by atoms with Crippen molar-refractivity contribution in [3.05, 3.63) is 70.5 Å². The number of nitrogens with zero attached hydrogens (tertiary/aromatic N) is 2. The zero-order chi connectivity index (χ0) is 18.8. The quantitative estimate of drug-likeness (QED) is 0.723. The molecule has 1 aromatic carbocycles. The molecule has 1 aliphatic rings. The van der Waals surface area contributed by atoms with Crippen LogP contribution in [0.4, 0.5) is 0 Å². The van der Waals surface area contributed by atoms with E-state index < -0.39 is 6.10 Å². The van der Waals surface area contributed by atoms with E-state index in [1.54, 1.807) is 4.52 Å². The highest BCUT2D eigenvalue weighted by Gasteiger charge is 2.25. The van der Waals surface area contributed by atoms with Crippen molar-refractivity contribution >= 4 is 23.0 Å². The van der Waals surface area contributed by atoms with Crippen molar-refractivity contribution in [3.8, 4) is 0 Å². The standard InChI is InChI=1S/C21H22ClN3O2/c22-16-9-7-14(8-10-16)12-15-13-18(24-25-11-3-5-19(15)25)21(27)23-17-4-1-2-6-20(17)26/h3,5,7-11,13,17,20,26H,1-2,4,6,12H2,(H,23,27)/t17-,20-/m0/s1. The summed E-state index contributed by atoms with van der Waals surface area (Å²) in [7, 11) is 0. The van der Waals surface area contributed by atoms with Gasteiger partial charge in [0.05, 0.1) is 17.7 Å². The van der Waals surface area contributed by atoms with Gasteiger partial charge in [-0.1, -0.05) is 36.6 Å². The van der Waals surface area contributed by atoms with Crippen LogP contribution in [0.3, 0.4) is 0 Å². The van der Waals surface area contributed by atoms with Gasteiger partial charge < -0.3 is 10.4 Å². The van der Waals surface area contributed by atoms with Crippen LogP contribution in [0.15, 0.2) is 48.7 Å². The number of aliphatic hydroxyl groups excluding tert-OH is 1. The van der Waals surface area contributed by atoms with Crippen LogP contribution in [-0.4, -0.2) is 32.8 Å². The normalized spacial score (nSPS) is 19.9. The minimum atomic E-state index is -0.480. The molecular formula is C21H22ClN3O2. The Morgan fingerprint density at radius 2 is 2.00 bits per heavy atom. The molecule has 0 aliphatic heterocycles. The van der Waals surface area contributed by atoms with Gasteiger partial charge in [-0.25, -0.2) is 4.52 Å². The zero-order valence-electron chi connectivity index (χ0n) is 14.9. The lowest BCUT2D eigenvalue weighted by Gasteiger charge is -2.28. The molecule has 27 heavy (non-hydrogen) atoms. The van der Waals surface area contributed by atoms with Crippen LogP contribution in [0, 0.1) is 0 Å². The summed E-state index contributed by atoms with van der Waals surface area (Å²) in [4.78, 5) is 12.8. The van der Waals surface area contributed by atoms with Crippen molar-refractivity contribution in [2.45, 2.75) is 44.2 Å². The van der Waals surface area contributed by atoms with Crippen molar-refractivity contribution in [3.63, 3.8) is 0 Å². The first-order chi connectivity index (χ1) is 13.1. The van der Waals surface area contributed by atoms with E-state index in [1.165, 1.54) is 0 Å². The summed E-state index contributed by atoms with van der Waals surface area (Å²) in [5, 5.41) is 18.2. The molecule has 140 valence electrons. The van der Waals surface area contributed by atoms with E-state index in [-0.39, 0.29) is 11.9 Å². The summed E-state index contributed by atoms with van der Waals surface area (Å²) in [5.74, 6) is -0.242. The second kappa shape index (κ2) is 7.71. The van der Waals surface area contributed by atoms with Gasteiger partial charge in [0.2, 0.25) is 0 Å². The van der Waals surface area contributed by atoms with Gasteiger partial charge in [-0.2, -0.15) is 5.10 Å². The monoisotopic (exact) mass is 383 g/mol. The molecule has 0 unspecified atom stereocenters. The molecule has 3 aromatic rings. The number of benzene rings is 1. The molecule has 6 heteroatoms. The summed E-state index contributed by atoms with van der Waals surface area (Å²) in [6.07, 6.45) is 5.60. The Hall–Kier alpha value is -2.37. The van der Waals surface area contributed by atoms with Crippen molar-refractivity contribution in [1.29, 1.82) is 0 Å². The molecular weight excluding hydrogens is 362 g/mol. The van der Waals surface area contributed by atoms with Crippen molar-refractivity contribution < 1.29 is 9.90 Å². The second-order valence-electron chi connectivity index (χ2n) is 7.13. The maximum Gasteiger partial charge on any atom is 0.272 e. The van der Waals surface area contributed by atoms with Crippen molar-refractivity contribution in [2.24, 2.45) is 0 Å². The molecule has 0 saturated heterocycles. The SMILES string of the molecule is O=C(N[C@H]1CCCC[C@@H]1O)c1cc(Cc2ccc(Cl)cc2)c2cccn2n1. The number of hydrogen-bond donors (Lipinski definition) is 2. The largest absolute Gasteiger partial charge is 0.391 e. The van der Waals surface area contributed by atoms with Crippen molar-refractivity contribution in [2.75, 3.05) is 0 Å². The molecule has 0 radical (unpaired) electrons. The predicted molar refractivity (Wildman–Crippen MR) is 105 cm³/mol. The van der Waals surface area contributed by atoms with Crippen LogP contribution >= 0.6 is 11.6 Å². The Morgan fingerprint density at radius 1 is 1.22 bits per heavy atom. The van der Waals surface area contributed by atoms with Gasteiger partial charge in [0.15, 0.2) is 0 Å². The van der Waals surface area contributed by atoms with E-state index >= 15 is 0 Å². The Morgan fingerprint density at radius 3 is 2.78 bits per heavy atom. The van der Waals surface area contributed by atoms with Crippen LogP contribution in [-0.2, 0) is 6.42 Å². The molecule has 2 heterocycles. The number of fused-ring (bicyclic) bond motifs is 1. The molecule has 0 bridgehead atoms. The first-order valence-electron chi connectivity index (χ1n) is 9.31. The number of aromatic nitrogens is 2. The molecule has 2 atom stereocenters. The predicted octanol–water partition coefficient (Wildman–Crippen LogP) is 3.61. The summed E-state index contributed by atoms with van der Waals surface area (Å²) in [5.41, 5.74) is 3.47. The molecule has 1 saturated carbocycles. The third-order valence-corrected chi connectivity index (χ3v) is 5.42. The summed E-state index contributed by atoms with van der Waals surface area (Å²) >= 11 is 5.98. The molecule has 1 amide bonds. The molecule has 1 aliphatic carbocycles. The van der Waals surface area contributed by atoms with Crippen LogP contribution in [0.5, 0.6) is 0 Å². The molecule has 1 fully saturated rings. The Bertz CT molecular complexity index is 952. The van der Waals surface area contributed by atoms with Gasteiger partial charge in [0.25, 0.3) is 5.91 Å². The van der Waals surface area contributed by atoms with Gasteiger partial charge in [-0.05, 0) is 60.7 Å². The highest BCUT2D eigenvalue weighted by Crippen LogP contribution is 2.21. The van der Waals surface area contributed by atoms with E-state index in [0.717, 1.165) is 42.3 Å². The minimum Gasteiger partial charge on any atom is -0.391 e. The molecule has 2 aromatic heterocycles. The number of rotatable bonds is 4. The fraction of sp³-hybridized carbons (Fsp3) is 0.333. The third-order valence-electron chi connectivity index (χ3n) is 5.17. The second-order valence-corrected chi connectivity index (χ2v) is 7.56. The number of hydrogen-bond acceptors (Lipinski definition) is 3. The lowest BCUT2D eigenvalue weighted by atomic mass is 9.92. The van der Waals surface area contributed by atoms with E-state index in [9.17, 15) is 9.90 Å². The molecule has 0 spiro atoms. The number of halogens is 1. The van der Waals surface area contributed by atoms with Gasteiger partial charge in [0, 0.05) is 11.2 Å². The van der Waals surface area contributed by atoms with Crippen LogP contribution in [0.2, 0.25) is 5.02 Å². The first kappa shape index (κ1) is 18.0. The fourth-order valence-electron chi connectivity index (χ4n) is 3.69. The Kier molecular flexibility index (Phi) is 5.14. The molecule has 4 rings (SSSR count). The van der Waals surface area contributed by atoms with E-state index in [1.807, 2.05) is 48.7 Å². The number of amides is 1. The van der Waals surface area contributed by atoms with Crippen LogP contribution in [0.1, 0.15) is 47.3 Å². The average Bonchev–Trinajstić information content (AvgIpc) is 3.14. The average molecular weight is 384 g/mol. The minimum absolute atomic E-state index is 0.201. The maximum absolute atomic E-state index is 12.8. The highest BCUT2D eigenvalue weighted by molar-refractivity contribution is 6.30. The van der Waals surface area contributed by atoms with Crippen LogP contribution < -0.4 is 5.32 Å². The van der Waals surface area contributed by atoms with E-state index in [4.69, 9.17) is 11.6 Å². The lowest BCUT2D eigenvalue weighted by molar-refractivity contribution is 0.0713.